The molecule has 0 aliphatic carbocycles. The molecule has 1 amide bonds. The number of rotatable bonds is 7. The Morgan fingerprint density at radius 3 is 2.61 bits per heavy atom. The SMILES string of the molecule is CCOCCNc1nc(N)nc2ccc(-c3ccc(NC(=O)OC)cc3)nc12. The molecule has 0 spiro atoms. The van der Waals surface area contributed by atoms with Crippen LogP contribution in [-0.2, 0) is 9.47 Å². The molecule has 3 aromatic rings. The molecule has 9 heteroatoms. The summed E-state index contributed by atoms with van der Waals surface area (Å²) in [5.41, 5.74) is 9.35. The third kappa shape index (κ3) is 4.63. The number of carbonyl (C=O) groups excluding carboxylic acids is 1. The molecule has 2 heterocycles. The lowest BCUT2D eigenvalue weighted by molar-refractivity contribution is 0.158. The van der Waals surface area contributed by atoms with Crippen molar-refractivity contribution >= 4 is 34.6 Å². The van der Waals surface area contributed by atoms with Gasteiger partial charge >= 0.3 is 6.09 Å². The number of amides is 1. The second-order valence-electron chi connectivity index (χ2n) is 5.81. The molecule has 3 rings (SSSR count). The first kappa shape index (κ1) is 19.3. The molecular formula is C19H22N6O3. The quantitative estimate of drug-likeness (QED) is 0.533. The van der Waals surface area contributed by atoms with Gasteiger partial charge < -0.3 is 20.5 Å². The average molecular weight is 382 g/mol. The van der Waals surface area contributed by atoms with Crippen molar-refractivity contribution < 1.29 is 14.3 Å². The second-order valence-corrected chi connectivity index (χ2v) is 5.81. The minimum absolute atomic E-state index is 0.180. The molecule has 0 bridgehead atoms. The zero-order chi connectivity index (χ0) is 19.9. The van der Waals surface area contributed by atoms with Crippen molar-refractivity contribution in [2.45, 2.75) is 6.92 Å². The number of nitrogens with zero attached hydrogens (tertiary/aromatic N) is 3. The average Bonchev–Trinajstić information content (AvgIpc) is 2.71. The van der Waals surface area contributed by atoms with Crippen LogP contribution in [0, 0.1) is 0 Å². The minimum atomic E-state index is -0.519. The van der Waals surface area contributed by atoms with Crippen LogP contribution in [-0.4, -0.2) is 47.9 Å². The van der Waals surface area contributed by atoms with Gasteiger partial charge in [-0.1, -0.05) is 12.1 Å². The third-order valence-electron chi connectivity index (χ3n) is 3.92. The van der Waals surface area contributed by atoms with E-state index in [0.29, 0.717) is 42.3 Å². The van der Waals surface area contributed by atoms with Gasteiger partial charge in [0.1, 0.15) is 5.52 Å². The van der Waals surface area contributed by atoms with Crippen molar-refractivity contribution in [3.63, 3.8) is 0 Å². The lowest BCUT2D eigenvalue weighted by atomic mass is 10.1. The predicted molar refractivity (Wildman–Crippen MR) is 108 cm³/mol. The van der Waals surface area contributed by atoms with Crippen molar-refractivity contribution in [2.75, 3.05) is 43.2 Å². The molecule has 2 aromatic heterocycles. The van der Waals surface area contributed by atoms with Gasteiger partial charge in [-0.3, -0.25) is 5.32 Å². The van der Waals surface area contributed by atoms with Crippen LogP contribution in [0.1, 0.15) is 6.92 Å². The lowest BCUT2D eigenvalue weighted by Crippen LogP contribution is -2.12. The first-order valence-electron chi connectivity index (χ1n) is 8.82. The number of anilines is 3. The smallest absolute Gasteiger partial charge is 0.411 e. The van der Waals surface area contributed by atoms with Crippen molar-refractivity contribution in [3.8, 4) is 11.3 Å². The summed E-state index contributed by atoms with van der Waals surface area (Å²) < 4.78 is 9.93. The zero-order valence-electron chi connectivity index (χ0n) is 15.7. The molecule has 28 heavy (non-hydrogen) atoms. The van der Waals surface area contributed by atoms with Crippen LogP contribution in [0.5, 0.6) is 0 Å². The summed E-state index contributed by atoms with van der Waals surface area (Å²) in [6, 6.07) is 11.0. The normalized spacial score (nSPS) is 10.6. The number of nitrogens with two attached hydrogens (primary N) is 1. The summed E-state index contributed by atoms with van der Waals surface area (Å²) in [4.78, 5) is 24.5. The highest BCUT2D eigenvalue weighted by atomic mass is 16.5. The molecule has 9 nitrogen and oxygen atoms in total. The second kappa shape index (κ2) is 8.96. The van der Waals surface area contributed by atoms with E-state index in [-0.39, 0.29) is 5.95 Å². The highest BCUT2D eigenvalue weighted by Gasteiger charge is 2.10. The summed E-state index contributed by atoms with van der Waals surface area (Å²) >= 11 is 0. The van der Waals surface area contributed by atoms with E-state index >= 15 is 0 Å². The summed E-state index contributed by atoms with van der Waals surface area (Å²) in [5.74, 6) is 0.743. The molecule has 0 saturated heterocycles. The van der Waals surface area contributed by atoms with Gasteiger partial charge in [-0.25, -0.2) is 14.8 Å². The molecule has 0 radical (unpaired) electrons. The minimum Gasteiger partial charge on any atom is -0.453 e. The molecule has 0 unspecified atom stereocenters. The van der Waals surface area contributed by atoms with Gasteiger partial charge in [-0.05, 0) is 31.2 Å². The third-order valence-corrected chi connectivity index (χ3v) is 3.92. The van der Waals surface area contributed by atoms with Gasteiger partial charge in [0, 0.05) is 24.4 Å². The molecular weight excluding hydrogens is 360 g/mol. The highest BCUT2D eigenvalue weighted by Crippen LogP contribution is 2.25. The van der Waals surface area contributed by atoms with Gasteiger partial charge in [-0.15, -0.1) is 0 Å². The number of nitrogen functional groups attached to an aromatic ring is 1. The van der Waals surface area contributed by atoms with E-state index in [1.165, 1.54) is 7.11 Å². The van der Waals surface area contributed by atoms with E-state index in [1.807, 2.05) is 31.2 Å². The first-order valence-corrected chi connectivity index (χ1v) is 8.82. The maximum atomic E-state index is 11.3. The molecule has 4 N–H and O–H groups in total. The van der Waals surface area contributed by atoms with E-state index in [4.69, 9.17) is 15.5 Å². The number of hydrogen-bond donors (Lipinski definition) is 3. The summed E-state index contributed by atoms with van der Waals surface area (Å²) in [7, 11) is 1.32. The Balaban J connectivity index is 1.88. The van der Waals surface area contributed by atoms with Crippen molar-refractivity contribution in [2.24, 2.45) is 0 Å². The fraction of sp³-hybridized carbons (Fsp3) is 0.263. The van der Waals surface area contributed by atoms with Crippen molar-refractivity contribution in [1.29, 1.82) is 0 Å². The van der Waals surface area contributed by atoms with Crippen molar-refractivity contribution in [1.82, 2.24) is 15.0 Å². The standard InChI is InChI=1S/C19H22N6O3/c1-3-28-11-10-21-17-16-15(24-18(20)25-17)9-8-14(23-16)12-4-6-13(7-5-12)22-19(26)27-2/h4-9H,3,10-11H2,1-2H3,(H,22,26)(H3,20,21,24,25). The van der Waals surface area contributed by atoms with Crippen LogP contribution in [0.2, 0.25) is 0 Å². The number of nitrogens with one attached hydrogen (secondary N) is 2. The molecule has 0 atom stereocenters. The number of fused-ring (bicyclic) bond motifs is 1. The monoisotopic (exact) mass is 382 g/mol. The summed E-state index contributed by atoms with van der Waals surface area (Å²) in [5, 5.41) is 5.81. The van der Waals surface area contributed by atoms with Gasteiger partial charge in [0.25, 0.3) is 0 Å². The Hall–Kier alpha value is -3.46. The highest BCUT2D eigenvalue weighted by molar-refractivity contribution is 5.88. The number of aromatic nitrogens is 3. The largest absolute Gasteiger partial charge is 0.453 e. The number of methoxy groups -OCH3 is 1. The van der Waals surface area contributed by atoms with Crippen LogP contribution < -0.4 is 16.4 Å². The molecule has 1 aromatic carbocycles. The van der Waals surface area contributed by atoms with Gasteiger partial charge in [-0.2, -0.15) is 4.98 Å². The number of hydrogen-bond acceptors (Lipinski definition) is 8. The number of ether oxygens (including phenoxy) is 2. The maximum absolute atomic E-state index is 11.3. The van der Waals surface area contributed by atoms with Crippen LogP contribution in [0.4, 0.5) is 22.2 Å². The summed E-state index contributed by atoms with van der Waals surface area (Å²) in [6.45, 7) is 3.73. The Kier molecular flexibility index (Phi) is 6.18. The summed E-state index contributed by atoms with van der Waals surface area (Å²) in [6.07, 6.45) is -0.519. The first-order chi connectivity index (χ1) is 13.6. The maximum Gasteiger partial charge on any atom is 0.411 e. The lowest BCUT2D eigenvalue weighted by Gasteiger charge is -2.10. The van der Waals surface area contributed by atoms with E-state index in [1.54, 1.807) is 12.1 Å². The Bertz CT molecular complexity index is 962. The van der Waals surface area contributed by atoms with Gasteiger partial charge in [0.15, 0.2) is 5.82 Å². The number of pyridine rings is 1. The van der Waals surface area contributed by atoms with Crippen LogP contribution in [0.3, 0.4) is 0 Å². The van der Waals surface area contributed by atoms with E-state index in [2.05, 4.69) is 25.3 Å². The molecule has 0 aliphatic heterocycles. The van der Waals surface area contributed by atoms with E-state index < -0.39 is 6.09 Å². The van der Waals surface area contributed by atoms with Gasteiger partial charge in [0.05, 0.1) is 24.9 Å². The van der Waals surface area contributed by atoms with Crippen LogP contribution in [0.15, 0.2) is 36.4 Å². The fourth-order valence-corrected chi connectivity index (χ4v) is 2.60. The number of carbonyl (C=O) groups is 1. The van der Waals surface area contributed by atoms with Crippen molar-refractivity contribution in [3.05, 3.63) is 36.4 Å². The fourth-order valence-electron chi connectivity index (χ4n) is 2.60. The molecule has 0 aliphatic rings. The topological polar surface area (TPSA) is 124 Å². The van der Waals surface area contributed by atoms with E-state index in [0.717, 1.165) is 11.3 Å². The van der Waals surface area contributed by atoms with E-state index in [9.17, 15) is 4.79 Å². The van der Waals surface area contributed by atoms with Gasteiger partial charge in [0.2, 0.25) is 5.95 Å². The molecule has 0 fully saturated rings. The Labute approximate surface area is 162 Å². The Morgan fingerprint density at radius 2 is 1.89 bits per heavy atom. The van der Waals surface area contributed by atoms with Crippen LogP contribution >= 0.6 is 0 Å². The predicted octanol–water partition coefficient (Wildman–Crippen LogP) is 2.90. The zero-order valence-corrected chi connectivity index (χ0v) is 15.7. The number of benzene rings is 1. The molecule has 0 saturated carbocycles. The molecule has 146 valence electrons. The van der Waals surface area contributed by atoms with Crippen LogP contribution in [0.25, 0.3) is 22.3 Å². The Morgan fingerprint density at radius 1 is 1.11 bits per heavy atom.